The van der Waals surface area contributed by atoms with Gasteiger partial charge in [0.05, 0.1) is 12.6 Å². The van der Waals surface area contributed by atoms with Crippen molar-refractivity contribution in [2.45, 2.75) is 70.9 Å². The summed E-state index contributed by atoms with van der Waals surface area (Å²) in [6.07, 6.45) is 5.32. The second-order valence-corrected chi connectivity index (χ2v) is 9.40. The van der Waals surface area contributed by atoms with E-state index in [1.165, 1.54) is 5.56 Å². The summed E-state index contributed by atoms with van der Waals surface area (Å²) in [7, 11) is 0. The number of Topliss-reactive ketones (excluding diaryl/α,β-unsaturated/α-hetero) is 1. The molecule has 6 nitrogen and oxygen atoms in total. The van der Waals surface area contributed by atoms with E-state index in [1.54, 1.807) is 0 Å². The van der Waals surface area contributed by atoms with Gasteiger partial charge in [0.2, 0.25) is 5.78 Å². The van der Waals surface area contributed by atoms with Gasteiger partial charge >= 0.3 is 6.09 Å². The predicted molar refractivity (Wildman–Crippen MR) is 132 cm³/mol. The predicted octanol–water partition coefficient (Wildman–Crippen LogP) is 5.13. The topological polar surface area (TPSA) is 84.5 Å². The van der Waals surface area contributed by atoms with Crippen molar-refractivity contribution in [3.63, 3.8) is 0 Å². The summed E-state index contributed by atoms with van der Waals surface area (Å²) in [6, 6.07) is 18.4. The molecule has 0 spiro atoms. The van der Waals surface area contributed by atoms with Gasteiger partial charge in [-0.3, -0.25) is 9.59 Å². The molecule has 0 aliphatic heterocycles. The van der Waals surface area contributed by atoms with Crippen LogP contribution in [-0.4, -0.2) is 30.4 Å². The van der Waals surface area contributed by atoms with Crippen LogP contribution in [0.1, 0.15) is 69.5 Å². The number of ketones is 1. The Morgan fingerprint density at radius 3 is 2.21 bits per heavy atom. The largest absolute Gasteiger partial charge is 0.449 e. The fourth-order valence-electron chi connectivity index (χ4n) is 4.41. The van der Waals surface area contributed by atoms with E-state index in [2.05, 4.69) is 22.8 Å². The van der Waals surface area contributed by atoms with E-state index < -0.39 is 23.8 Å². The highest BCUT2D eigenvalue weighted by Gasteiger charge is 2.38. The second kappa shape index (κ2) is 12.4. The van der Waals surface area contributed by atoms with Crippen molar-refractivity contribution in [1.29, 1.82) is 0 Å². The summed E-state index contributed by atoms with van der Waals surface area (Å²) in [6.45, 7) is 4.13. The number of carbonyl (C=O) groups excluding carboxylic acids is 3. The monoisotopic (exact) mass is 464 g/mol. The number of amides is 2. The maximum Gasteiger partial charge on any atom is 0.407 e. The first-order chi connectivity index (χ1) is 16.4. The van der Waals surface area contributed by atoms with E-state index >= 15 is 0 Å². The molecule has 0 aromatic heterocycles. The molecule has 3 rings (SSSR count). The summed E-state index contributed by atoms with van der Waals surface area (Å²) >= 11 is 0. The third kappa shape index (κ3) is 7.17. The van der Waals surface area contributed by atoms with Crippen molar-refractivity contribution in [3.05, 3.63) is 71.8 Å². The van der Waals surface area contributed by atoms with Gasteiger partial charge in [0.1, 0.15) is 6.04 Å². The standard InChI is InChI=1S/C28H36N2O4/c1-3-4-16-24(25(31)26(32)29-21(2)23-14-9-6-10-15-23)30-27(33)34-20-28(17-11-18-28)19-22-12-7-5-8-13-22/h5-10,12-15,21,24H,3-4,11,16-20H2,1-2H3,(H,29,32)(H,30,33)/t21-,24+/m1/s1. The Kier molecular flexibility index (Phi) is 9.25. The van der Waals surface area contributed by atoms with Crippen molar-refractivity contribution >= 4 is 17.8 Å². The third-order valence-electron chi connectivity index (χ3n) is 6.67. The zero-order valence-corrected chi connectivity index (χ0v) is 20.2. The van der Waals surface area contributed by atoms with Crippen molar-refractivity contribution in [3.8, 4) is 0 Å². The summed E-state index contributed by atoms with van der Waals surface area (Å²) < 4.78 is 5.58. The minimum Gasteiger partial charge on any atom is -0.449 e. The van der Waals surface area contributed by atoms with Crippen LogP contribution in [-0.2, 0) is 20.7 Å². The molecule has 34 heavy (non-hydrogen) atoms. The summed E-state index contributed by atoms with van der Waals surface area (Å²) in [5.74, 6) is -1.34. The van der Waals surface area contributed by atoms with Crippen LogP contribution in [0.3, 0.4) is 0 Å². The molecule has 1 fully saturated rings. The molecule has 2 aromatic carbocycles. The lowest BCUT2D eigenvalue weighted by Crippen LogP contribution is -2.49. The summed E-state index contributed by atoms with van der Waals surface area (Å²) in [5.41, 5.74) is 2.08. The van der Waals surface area contributed by atoms with Crippen LogP contribution in [0.4, 0.5) is 4.79 Å². The molecular weight excluding hydrogens is 428 g/mol. The first-order valence-corrected chi connectivity index (χ1v) is 12.3. The van der Waals surface area contributed by atoms with Crippen LogP contribution >= 0.6 is 0 Å². The van der Waals surface area contributed by atoms with Gasteiger partial charge in [-0.15, -0.1) is 0 Å². The number of nitrogens with one attached hydrogen (secondary N) is 2. The number of alkyl carbamates (subject to hydrolysis) is 1. The number of ether oxygens (including phenoxy) is 1. The number of benzene rings is 2. The van der Waals surface area contributed by atoms with Gasteiger partial charge in [-0.1, -0.05) is 86.8 Å². The van der Waals surface area contributed by atoms with Crippen molar-refractivity contribution in [2.75, 3.05) is 6.61 Å². The molecule has 0 unspecified atom stereocenters. The number of hydrogen-bond acceptors (Lipinski definition) is 4. The molecule has 182 valence electrons. The van der Waals surface area contributed by atoms with E-state index in [1.807, 2.05) is 62.4 Å². The minimum absolute atomic E-state index is 0.0515. The number of unbranched alkanes of at least 4 members (excludes halogenated alkanes) is 1. The van der Waals surface area contributed by atoms with Gasteiger partial charge in [0, 0.05) is 5.41 Å². The van der Waals surface area contributed by atoms with Crippen LogP contribution in [0.25, 0.3) is 0 Å². The van der Waals surface area contributed by atoms with Gasteiger partial charge in [0.15, 0.2) is 0 Å². The molecular formula is C28H36N2O4. The number of rotatable bonds is 12. The third-order valence-corrected chi connectivity index (χ3v) is 6.67. The van der Waals surface area contributed by atoms with Gasteiger partial charge in [-0.25, -0.2) is 4.79 Å². The molecule has 2 amide bonds. The van der Waals surface area contributed by atoms with E-state index in [0.29, 0.717) is 13.0 Å². The molecule has 2 aromatic rings. The lowest BCUT2D eigenvalue weighted by atomic mass is 9.66. The Balaban J connectivity index is 1.55. The van der Waals surface area contributed by atoms with Gasteiger partial charge in [-0.05, 0) is 43.7 Å². The van der Waals surface area contributed by atoms with Gasteiger partial charge < -0.3 is 15.4 Å². The molecule has 1 aliphatic carbocycles. The Bertz CT molecular complexity index is 941. The smallest absolute Gasteiger partial charge is 0.407 e. The van der Waals surface area contributed by atoms with Crippen LogP contribution in [0, 0.1) is 5.41 Å². The average molecular weight is 465 g/mol. The van der Waals surface area contributed by atoms with Gasteiger partial charge in [0.25, 0.3) is 5.91 Å². The summed E-state index contributed by atoms with van der Waals surface area (Å²) in [4.78, 5) is 38.1. The van der Waals surface area contributed by atoms with Crippen molar-refractivity contribution in [1.82, 2.24) is 10.6 Å². The Morgan fingerprint density at radius 2 is 1.62 bits per heavy atom. The Hall–Kier alpha value is -3.15. The quantitative estimate of drug-likeness (QED) is 0.427. The van der Waals surface area contributed by atoms with E-state index in [9.17, 15) is 14.4 Å². The molecule has 0 heterocycles. The Morgan fingerprint density at radius 1 is 0.971 bits per heavy atom. The lowest BCUT2D eigenvalue weighted by Gasteiger charge is -2.41. The zero-order chi connectivity index (χ0) is 24.4. The molecule has 6 heteroatoms. The average Bonchev–Trinajstić information content (AvgIpc) is 2.83. The van der Waals surface area contributed by atoms with Crippen LogP contribution in [0.2, 0.25) is 0 Å². The molecule has 2 atom stereocenters. The fourth-order valence-corrected chi connectivity index (χ4v) is 4.41. The number of hydrogen-bond donors (Lipinski definition) is 2. The first kappa shape index (κ1) is 25.5. The van der Waals surface area contributed by atoms with Crippen molar-refractivity contribution < 1.29 is 19.1 Å². The fraction of sp³-hybridized carbons (Fsp3) is 0.464. The highest BCUT2D eigenvalue weighted by atomic mass is 16.5. The lowest BCUT2D eigenvalue weighted by molar-refractivity contribution is -0.139. The maximum atomic E-state index is 12.9. The zero-order valence-electron chi connectivity index (χ0n) is 20.2. The normalized spacial score (nSPS) is 15.9. The van der Waals surface area contributed by atoms with E-state index in [-0.39, 0.29) is 11.5 Å². The van der Waals surface area contributed by atoms with E-state index in [0.717, 1.165) is 44.1 Å². The highest BCUT2D eigenvalue weighted by Crippen LogP contribution is 2.44. The Labute approximate surface area is 202 Å². The molecule has 1 aliphatic rings. The van der Waals surface area contributed by atoms with E-state index in [4.69, 9.17) is 4.74 Å². The first-order valence-electron chi connectivity index (χ1n) is 12.3. The molecule has 1 saturated carbocycles. The van der Waals surface area contributed by atoms with Crippen LogP contribution in [0.5, 0.6) is 0 Å². The van der Waals surface area contributed by atoms with Crippen LogP contribution in [0.15, 0.2) is 60.7 Å². The second-order valence-electron chi connectivity index (χ2n) is 9.40. The minimum atomic E-state index is -0.901. The van der Waals surface area contributed by atoms with Gasteiger partial charge in [-0.2, -0.15) is 0 Å². The number of carbonyl (C=O) groups is 3. The van der Waals surface area contributed by atoms with Crippen molar-refractivity contribution in [2.24, 2.45) is 5.41 Å². The molecule has 0 radical (unpaired) electrons. The SMILES string of the molecule is CCCC[C@H](NC(=O)OCC1(Cc2ccccc2)CCC1)C(=O)C(=O)N[C@H](C)c1ccccc1. The summed E-state index contributed by atoms with van der Waals surface area (Å²) in [5, 5.41) is 5.41. The maximum absolute atomic E-state index is 12.9. The van der Waals surface area contributed by atoms with Crippen LogP contribution < -0.4 is 10.6 Å². The molecule has 0 bridgehead atoms. The highest BCUT2D eigenvalue weighted by molar-refractivity contribution is 6.38. The molecule has 2 N–H and O–H groups in total. The molecule has 0 saturated heterocycles.